The molecule has 3 rings (SSSR count). The van der Waals surface area contributed by atoms with Gasteiger partial charge in [0.25, 0.3) is 0 Å². The molecule has 1 aromatic carbocycles. The smallest absolute Gasteiger partial charge is 0.0708 e. The highest BCUT2D eigenvalue weighted by Gasteiger charge is 2.17. The number of hydrogen-bond donors (Lipinski definition) is 1. The minimum absolute atomic E-state index is 0.292. The van der Waals surface area contributed by atoms with Crippen LogP contribution in [-0.4, -0.2) is 11.0 Å². The standard InChI is InChI=1S/C17H20N2/c1-3-6-13-11-17(12(2)18-14-9-10-14)19-16-8-5-4-7-15(13)16/h4-5,7-12,14,18H,3,6H2,1-2H3. The molecule has 1 N–H and O–H groups in total. The summed E-state index contributed by atoms with van der Waals surface area (Å²) in [5.41, 5.74) is 3.68. The van der Waals surface area contributed by atoms with Gasteiger partial charge in [-0.15, -0.1) is 0 Å². The zero-order valence-corrected chi connectivity index (χ0v) is 11.6. The second kappa shape index (κ2) is 5.14. The van der Waals surface area contributed by atoms with Gasteiger partial charge in [-0.2, -0.15) is 0 Å². The third-order valence-corrected chi connectivity index (χ3v) is 3.61. The van der Waals surface area contributed by atoms with Crippen LogP contribution < -0.4 is 5.32 Å². The molecule has 1 unspecified atom stereocenters. The lowest BCUT2D eigenvalue weighted by molar-refractivity contribution is 0.578. The second-order valence-electron chi connectivity index (χ2n) is 5.27. The van der Waals surface area contributed by atoms with E-state index in [1.165, 1.54) is 17.4 Å². The number of hydrogen-bond acceptors (Lipinski definition) is 2. The van der Waals surface area contributed by atoms with Crippen molar-refractivity contribution in [2.75, 3.05) is 0 Å². The number of benzene rings is 1. The zero-order chi connectivity index (χ0) is 13.2. The van der Waals surface area contributed by atoms with E-state index in [1.54, 1.807) is 0 Å². The molecule has 1 aromatic heterocycles. The molecule has 0 saturated carbocycles. The van der Waals surface area contributed by atoms with Crippen molar-refractivity contribution in [2.45, 2.75) is 38.8 Å². The minimum atomic E-state index is 0.292. The summed E-state index contributed by atoms with van der Waals surface area (Å²) in [4.78, 5) is 4.81. The van der Waals surface area contributed by atoms with Crippen LogP contribution in [0.15, 0.2) is 42.5 Å². The fraction of sp³-hybridized carbons (Fsp3) is 0.353. The van der Waals surface area contributed by atoms with E-state index in [1.807, 2.05) is 0 Å². The summed E-state index contributed by atoms with van der Waals surface area (Å²) >= 11 is 0. The molecule has 1 heterocycles. The Bertz CT molecular complexity index is 610. The maximum atomic E-state index is 4.81. The van der Waals surface area contributed by atoms with Gasteiger partial charge in [-0.05, 0) is 31.0 Å². The van der Waals surface area contributed by atoms with Gasteiger partial charge in [0.1, 0.15) is 0 Å². The van der Waals surface area contributed by atoms with Gasteiger partial charge in [-0.25, -0.2) is 0 Å². The first-order valence-electron chi connectivity index (χ1n) is 7.11. The van der Waals surface area contributed by atoms with Crippen molar-refractivity contribution < 1.29 is 0 Å². The van der Waals surface area contributed by atoms with Gasteiger partial charge in [-0.3, -0.25) is 10.3 Å². The molecule has 2 nitrogen and oxygen atoms in total. The zero-order valence-electron chi connectivity index (χ0n) is 11.6. The number of pyridine rings is 1. The van der Waals surface area contributed by atoms with E-state index in [4.69, 9.17) is 4.98 Å². The first-order valence-corrected chi connectivity index (χ1v) is 7.11. The molecule has 1 aliphatic rings. The lowest BCUT2D eigenvalue weighted by Gasteiger charge is -2.16. The fourth-order valence-electron chi connectivity index (χ4n) is 2.51. The maximum Gasteiger partial charge on any atom is 0.0708 e. The summed E-state index contributed by atoms with van der Waals surface area (Å²) in [6.45, 7) is 4.41. The van der Waals surface area contributed by atoms with E-state index >= 15 is 0 Å². The summed E-state index contributed by atoms with van der Waals surface area (Å²) in [6.07, 6.45) is 6.62. The maximum absolute atomic E-state index is 4.81. The molecule has 0 amide bonds. The topological polar surface area (TPSA) is 24.9 Å². The van der Waals surface area contributed by atoms with Crippen LogP contribution in [0.3, 0.4) is 0 Å². The average molecular weight is 252 g/mol. The van der Waals surface area contributed by atoms with Gasteiger partial charge in [-0.1, -0.05) is 43.7 Å². The van der Waals surface area contributed by atoms with Gasteiger partial charge in [0.15, 0.2) is 0 Å². The quantitative estimate of drug-likeness (QED) is 0.819. The van der Waals surface area contributed by atoms with Crippen LogP contribution in [0.2, 0.25) is 0 Å². The van der Waals surface area contributed by atoms with Crippen molar-refractivity contribution in [3.8, 4) is 0 Å². The van der Waals surface area contributed by atoms with Crippen molar-refractivity contribution in [1.82, 2.24) is 10.3 Å². The molecule has 0 fully saturated rings. The van der Waals surface area contributed by atoms with Crippen LogP contribution in [-0.2, 0) is 6.42 Å². The molecule has 2 aromatic rings. The predicted octanol–water partition coefficient (Wildman–Crippen LogP) is 3.78. The van der Waals surface area contributed by atoms with Gasteiger partial charge in [0.05, 0.1) is 11.2 Å². The van der Waals surface area contributed by atoms with E-state index in [9.17, 15) is 0 Å². The number of fused-ring (bicyclic) bond motifs is 1. The highest BCUT2D eigenvalue weighted by atomic mass is 15.0. The Balaban J connectivity index is 1.99. The number of nitrogens with zero attached hydrogens (tertiary/aromatic N) is 1. The van der Waals surface area contributed by atoms with Crippen molar-refractivity contribution >= 4 is 10.9 Å². The van der Waals surface area contributed by atoms with Gasteiger partial charge in [0.2, 0.25) is 0 Å². The molecule has 1 aliphatic carbocycles. The molecule has 0 spiro atoms. The summed E-state index contributed by atoms with van der Waals surface area (Å²) < 4.78 is 0. The Hall–Kier alpha value is -1.67. The molecule has 19 heavy (non-hydrogen) atoms. The SMILES string of the molecule is CCCc1cc(C(C)NC2C=C2)nc2ccccc12. The predicted molar refractivity (Wildman–Crippen MR) is 80.2 cm³/mol. The monoisotopic (exact) mass is 252 g/mol. The molecule has 98 valence electrons. The third-order valence-electron chi connectivity index (χ3n) is 3.61. The first kappa shape index (κ1) is 12.4. The number of para-hydroxylation sites is 1. The number of aromatic nitrogens is 1. The van der Waals surface area contributed by atoms with Crippen molar-refractivity contribution in [2.24, 2.45) is 0 Å². The summed E-state index contributed by atoms with van der Waals surface area (Å²) in [7, 11) is 0. The highest BCUT2D eigenvalue weighted by molar-refractivity contribution is 5.82. The summed E-state index contributed by atoms with van der Waals surface area (Å²) in [5.74, 6) is 0. The largest absolute Gasteiger partial charge is 0.299 e. The van der Waals surface area contributed by atoms with Crippen LogP contribution >= 0.6 is 0 Å². The minimum Gasteiger partial charge on any atom is -0.299 e. The first-order chi connectivity index (χ1) is 9.28. The average Bonchev–Trinajstić information content (AvgIpc) is 3.23. The molecule has 2 heteroatoms. The van der Waals surface area contributed by atoms with Crippen LogP contribution in [0, 0.1) is 0 Å². The van der Waals surface area contributed by atoms with Crippen molar-refractivity contribution in [3.63, 3.8) is 0 Å². The van der Waals surface area contributed by atoms with E-state index in [0.29, 0.717) is 12.1 Å². The lowest BCUT2D eigenvalue weighted by atomic mass is 10.0. The van der Waals surface area contributed by atoms with Crippen molar-refractivity contribution in [1.29, 1.82) is 0 Å². The Kier molecular flexibility index (Phi) is 3.34. The summed E-state index contributed by atoms with van der Waals surface area (Å²) in [5, 5.41) is 4.83. The molecule has 0 aliphatic heterocycles. The van der Waals surface area contributed by atoms with E-state index in [2.05, 4.69) is 61.6 Å². The molecular formula is C17H20N2. The summed E-state index contributed by atoms with van der Waals surface area (Å²) in [6, 6.07) is 11.5. The third kappa shape index (κ3) is 2.69. The van der Waals surface area contributed by atoms with Gasteiger partial charge >= 0.3 is 0 Å². The van der Waals surface area contributed by atoms with Crippen LogP contribution in [0.5, 0.6) is 0 Å². The molecule has 0 saturated heterocycles. The fourth-order valence-corrected chi connectivity index (χ4v) is 2.51. The Labute approximate surface area is 114 Å². The number of aryl methyl sites for hydroxylation is 1. The number of rotatable bonds is 5. The van der Waals surface area contributed by atoms with E-state index in [0.717, 1.165) is 17.6 Å². The molecular weight excluding hydrogens is 232 g/mol. The Morgan fingerprint density at radius 3 is 2.79 bits per heavy atom. The molecule has 0 radical (unpaired) electrons. The van der Waals surface area contributed by atoms with Gasteiger partial charge in [0, 0.05) is 17.5 Å². The molecule has 0 bridgehead atoms. The molecule has 1 atom stereocenters. The normalized spacial score (nSPS) is 15.9. The van der Waals surface area contributed by atoms with Crippen LogP contribution in [0.1, 0.15) is 37.6 Å². The number of nitrogens with one attached hydrogen (secondary N) is 1. The van der Waals surface area contributed by atoms with E-state index in [-0.39, 0.29) is 0 Å². The van der Waals surface area contributed by atoms with Gasteiger partial charge < -0.3 is 0 Å². The Morgan fingerprint density at radius 2 is 2.05 bits per heavy atom. The van der Waals surface area contributed by atoms with Crippen molar-refractivity contribution in [3.05, 3.63) is 53.7 Å². The second-order valence-corrected chi connectivity index (χ2v) is 5.27. The van der Waals surface area contributed by atoms with E-state index < -0.39 is 0 Å². The lowest BCUT2D eigenvalue weighted by Crippen LogP contribution is -2.22. The Morgan fingerprint density at radius 1 is 1.26 bits per heavy atom. The highest BCUT2D eigenvalue weighted by Crippen LogP contribution is 2.23. The van der Waals surface area contributed by atoms with Crippen LogP contribution in [0.4, 0.5) is 0 Å². The van der Waals surface area contributed by atoms with Crippen LogP contribution in [0.25, 0.3) is 10.9 Å².